The van der Waals surface area contributed by atoms with E-state index in [9.17, 15) is 4.79 Å². The van der Waals surface area contributed by atoms with Crippen LogP contribution >= 0.6 is 0 Å². The minimum atomic E-state index is -0.0787. The first-order chi connectivity index (χ1) is 11.5. The van der Waals surface area contributed by atoms with E-state index in [2.05, 4.69) is 21.4 Å². The summed E-state index contributed by atoms with van der Waals surface area (Å²) in [4.78, 5) is 21.2. The number of hydrogen-bond acceptors (Lipinski definition) is 3. The molecule has 4 nitrogen and oxygen atoms in total. The second-order valence-electron chi connectivity index (χ2n) is 6.25. The van der Waals surface area contributed by atoms with Gasteiger partial charge in [0.25, 0.3) is 5.91 Å². The summed E-state index contributed by atoms with van der Waals surface area (Å²) in [5.41, 5.74) is 4.61. The highest BCUT2D eigenvalue weighted by Crippen LogP contribution is 2.18. The Kier molecular flexibility index (Phi) is 4.56. The fraction of sp³-hybridized carbons (Fsp3) is 0.250. The third-order valence-electron chi connectivity index (χ3n) is 4.07. The molecule has 2 aromatic heterocycles. The first-order valence-electron chi connectivity index (χ1n) is 8.10. The summed E-state index contributed by atoms with van der Waals surface area (Å²) in [6.07, 6.45) is 4.31. The number of fused-ring (bicyclic) bond motifs is 1. The number of pyridine rings is 2. The highest BCUT2D eigenvalue weighted by molar-refractivity contribution is 5.98. The smallest absolute Gasteiger partial charge is 0.253 e. The molecule has 3 aromatic rings. The van der Waals surface area contributed by atoms with E-state index in [1.54, 1.807) is 12.4 Å². The molecule has 1 unspecified atom stereocenters. The lowest BCUT2D eigenvalue weighted by atomic mass is 10.1. The molecule has 0 aliphatic carbocycles. The summed E-state index contributed by atoms with van der Waals surface area (Å²) in [7, 11) is 0. The van der Waals surface area contributed by atoms with Gasteiger partial charge in [0.1, 0.15) is 0 Å². The van der Waals surface area contributed by atoms with Gasteiger partial charge in [-0.25, -0.2) is 0 Å². The molecule has 1 aromatic carbocycles. The fourth-order valence-electron chi connectivity index (χ4n) is 2.85. The number of carbonyl (C=O) groups is 1. The van der Waals surface area contributed by atoms with Crippen molar-refractivity contribution in [1.29, 1.82) is 0 Å². The Morgan fingerprint density at radius 2 is 1.88 bits per heavy atom. The maximum Gasteiger partial charge on any atom is 0.253 e. The third-order valence-corrected chi connectivity index (χ3v) is 4.07. The Labute approximate surface area is 142 Å². The second kappa shape index (κ2) is 6.79. The predicted octanol–water partition coefficient (Wildman–Crippen LogP) is 3.61. The summed E-state index contributed by atoms with van der Waals surface area (Å²) >= 11 is 0. The normalized spacial score (nSPS) is 12.1. The number of nitrogens with zero attached hydrogens (tertiary/aromatic N) is 2. The van der Waals surface area contributed by atoms with Crippen LogP contribution in [0.2, 0.25) is 0 Å². The summed E-state index contributed by atoms with van der Waals surface area (Å²) in [6.45, 7) is 5.92. The van der Waals surface area contributed by atoms with E-state index in [-0.39, 0.29) is 11.9 Å². The minimum Gasteiger partial charge on any atom is -0.349 e. The van der Waals surface area contributed by atoms with Crippen LogP contribution in [0, 0.1) is 13.8 Å². The van der Waals surface area contributed by atoms with Crippen molar-refractivity contribution >= 4 is 16.8 Å². The monoisotopic (exact) mass is 319 g/mol. The molecule has 122 valence electrons. The molecule has 0 bridgehead atoms. The zero-order chi connectivity index (χ0) is 17.1. The first-order valence-corrected chi connectivity index (χ1v) is 8.10. The molecule has 0 saturated heterocycles. The Morgan fingerprint density at radius 1 is 1.12 bits per heavy atom. The van der Waals surface area contributed by atoms with Gasteiger partial charge in [0.2, 0.25) is 0 Å². The van der Waals surface area contributed by atoms with Gasteiger partial charge in [0.05, 0.1) is 16.8 Å². The van der Waals surface area contributed by atoms with Crippen molar-refractivity contribution in [3.05, 3.63) is 71.2 Å². The number of benzene rings is 1. The molecule has 0 spiro atoms. The van der Waals surface area contributed by atoms with Crippen LogP contribution in [-0.4, -0.2) is 21.9 Å². The molecule has 0 saturated carbocycles. The van der Waals surface area contributed by atoms with Gasteiger partial charge in [-0.3, -0.25) is 14.8 Å². The van der Waals surface area contributed by atoms with E-state index >= 15 is 0 Å². The van der Waals surface area contributed by atoms with Gasteiger partial charge in [-0.1, -0.05) is 11.6 Å². The number of carbonyl (C=O) groups excluding carboxylic acids is 1. The zero-order valence-electron chi connectivity index (χ0n) is 14.2. The summed E-state index contributed by atoms with van der Waals surface area (Å²) in [5, 5.41) is 4.06. The summed E-state index contributed by atoms with van der Waals surface area (Å²) < 4.78 is 0. The van der Waals surface area contributed by atoms with E-state index in [1.807, 2.05) is 51.1 Å². The largest absolute Gasteiger partial charge is 0.349 e. The molecule has 0 aliphatic rings. The molecule has 0 fully saturated rings. The summed E-state index contributed by atoms with van der Waals surface area (Å²) in [5.74, 6) is -0.0787. The fourth-order valence-corrected chi connectivity index (χ4v) is 2.85. The SMILES string of the molecule is Cc1ccc2nc(C)c(C(=O)NC(C)Cc3ccncc3)cc2c1. The van der Waals surface area contributed by atoms with Crippen LogP contribution in [0.25, 0.3) is 10.9 Å². The predicted molar refractivity (Wildman–Crippen MR) is 96.1 cm³/mol. The van der Waals surface area contributed by atoms with Gasteiger partial charge in [0, 0.05) is 23.8 Å². The minimum absolute atomic E-state index is 0.0347. The molecule has 24 heavy (non-hydrogen) atoms. The number of nitrogens with one attached hydrogen (secondary N) is 1. The molecular formula is C20H21N3O. The molecular weight excluding hydrogens is 298 g/mol. The lowest BCUT2D eigenvalue weighted by Crippen LogP contribution is -2.34. The maximum absolute atomic E-state index is 12.6. The number of aryl methyl sites for hydroxylation is 2. The van der Waals surface area contributed by atoms with Crippen molar-refractivity contribution < 1.29 is 4.79 Å². The first kappa shape index (κ1) is 16.1. The number of rotatable bonds is 4. The molecule has 1 amide bonds. The van der Waals surface area contributed by atoms with Crippen LogP contribution in [0.4, 0.5) is 0 Å². The number of hydrogen-bond donors (Lipinski definition) is 1. The van der Waals surface area contributed by atoms with Crippen molar-refractivity contribution in [3.63, 3.8) is 0 Å². The number of amides is 1. The Hall–Kier alpha value is -2.75. The van der Waals surface area contributed by atoms with Crippen molar-refractivity contribution in [2.75, 3.05) is 0 Å². The third kappa shape index (κ3) is 3.59. The van der Waals surface area contributed by atoms with Gasteiger partial charge >= 0.3 is 0 Å². The molecule has 1 N–H and O–H groups in total. The van der Waals surface area contributed by atoms with Crippen LogP contribution in [-0.2, 0) is 6.42 Å². The van der Waals surface area contributed by atoms with E-state index in [0.29, 0.717) is 5.56 Å². The average molecular weight is 319 g/mol. The molecule has 2 heterocycles. The zero-order valence-corrected chi connectivity index (χ0v) is 14.2. The highest BCUT2D eigenvalue weighted by Gasteiger charge is 2.14. The second-order valence-corrected chi connectivity index (χ2v) is 6.25. The average Bonchev–Trinajstić information content (AvgIpc) is 2.55. The number of aromatic nitrogens is 2. The van der Waals surface area contributed by atoms with Crippen molar-refractivity contribution in [2.45, 2.75) is 33.2 Å². The van der Waals surface area contributed by atoms with E-state index in [4.69, 9.17) is 0 Å². The molecule has 0 aliphatic heterocycles. The Bertz CT molecular complexity index is 875. The van der Waals surface area contributed by atoms with Gasteiger partial charge < -0.3 is 5.32 Å². The van der Waals surface area contributed by atoms with Gasteiger partial charge in [-0.15, -0.1) is 0 Å². The van der Waals surface area contributed by atoms with E-state index < -0.39 is 0 Å². The van der Waals surface area contributed by atoms with Crippen LogP contribution in [0.15, 0.2) is 48.8 Å². The van der Waals surface area contributed by atoms with Crippen molar-refractivity contribution in [1.82, 2.24) is 15.3 Å². The lowest BCUT2D eigenvalue weighted by molar-refractivity contribution is 0.0939. The highest BCUT2D eigenvalue weighted by atomic mass is 16.1. The standard InChI is InChI=1S/C20H21N3O/c1-13-4-5-19-17(10-13)12-18(15(3)23-19)20(24)22-14(2)11-16-6-8-21-9-7-16/h4-10,12,14H,11H2,1-3H3,(H,22,24). The maximum atomic E-state index is 12.6. The van der Waals surface area contributed by atoms with Crippen LogP contribution in [0.3, 0.4) is 0 Å². The van der Waals surface area contributed by atoms with Gasteiger partial charge in [0.15, 0.2) is 0 Å². The Morgan fingerprint density at radius 3 is 2.62 bits per heavy atom. The van der Waals surface area contributed by atoms with Gasteiger partial charge in [-0.05, 0) is 63.1 Å². The van der Waals surface area contributed by atoms with Gasteiger partial charge in [-0.2, -0.15) is 0 Å². The van der Waals surface area contributed by atoms with Crippen LogP contribution in [0.5, 0.6) is 0 Å². The summed E-state index contributed by atoms with van der Waals surface area (Å²) in [6, 6.07) is 12.0. The van der Waals surface area contributed by atoms with E-state index in [0.717, 1.165) is 34.1 Å². The van der Waals surface area contributed by atoms with Crippen molar-refractivity contribution in [3.8, 4) is 0 Å². The molecule has 3 rings (SSSR count). The molecule has 1 atom stereocenters. The Balaban J connectivity index is 1.79. The molecule has 4 heteroatoms. The van der Waals surface area contributed by atoms with Crippen molar-refractivity contribution in [2.24, 2.45) is 0 Å². The topological polar surface area (TPSA) is 54.9 Å². The van der Waals surface area contributed by atoms with Crippen LogP contribution < -0.4 is 5.32 Å². The van der Waals surface area contributed by atoms with Crippen LogP contribution in [0.1, 0.15) is 34.1 Å². The quantitative estimate of drug-likeness (QED) is 0.799. The molecule has 0 radical (unpaired) electrons. The van der Waals surface area contributed by atoms with E-state index in [1.165, 1.54) is 0 Å². The lowest BCUT2D eigenvalue weighted by Gasteiger charge is -2.15.